The van der Waals surface area contributed by atoms with Crippen molar-refractivity contribution < 1.29 is 4.74 Å². The zero-order valence-electron chi connectivity index (χ0n) is 11.2. The van der Waals surface area contributed by atoms with Crippen LogP contribution in [-0.2, 0) is 4.74 Å². The first kappa shape index (κ1) is 12.0. The highest BCUT2D eigenvalue weighted by Gasteiger charge is 2.50. The number of ether oxygens (including phenoxy) is 1. The summed E-state index contributed by atoms with van der Waals surface area (Å²) in [7, 11) is 1.78. The maximum atomic E-state index is 6.30. The van der Waals surface area contributed by atoms with E-state index in [1.165, 1.54) is 44.9 Å². The Balaban J connectivity index is 1.62. The third kappa shape index (κ3) is 2.39. The molecule has 0 aromatic rings. The van der Waals surface area contributed by atoms with E-state index in [1.807, 2.05) is 0 Å². The van der Waals surface area contributed by atoms with Crippen molar-refractivity contribution in [3.63, 3.8) is 0 Å². The summed E-state index contributed by atoms with van der Waals surface area (Å²) in [6.45, 7) is 0.827. The van der Waals surface area contributed by atoms with Crippen molar-refractivity contribution in [2.75, 3.05) is 13.7 Å². The second-order valence-corrected chi connectivity index (χ2v) is 7.16. The number of methoxy groups -OCH3 is 1. The highest BCUT2D eigenvalue weighted by molar-refractivity contribution is 5.02. The minimum Gasteiger partial charge on any atom is -0.385 e. The fourth-order valence-electron chi connectivity index (χ4n) is 5.47. The van der Waals surface area contributed by atoms with E-state index in [0.717, 1.165) is 30.8 Å². The molecule has 4 bridgehead atoms. The van der Waals surface area contributed by atoms with Gasteiger partial charge in [-0.05, 0) is 74.5 Å². The van der Waals surface area contributed by atoms with Gasteiger partial charge in [-0.15, -0.1) is 0 Å². The molecule has 1 atom stereocenters. The van der Waals surface area contributed by atoms with Gasteiger partial charge < -0.3 is 10.5 Å². The molecule has 0 heterocycles. The van der Waals surface area contributed by atoms with Crippen molar-refractivity contribution in [3.05, 3.63) is 0 Å². The van der Waals surface area contributed by atoms with Crippen molar-refractivity contribution in [1.29, 1.82) is 0 Å². The fourth-order valence-corrected chi connectivity index (χ4v) is 5.47. The van der Waals surface area contributed by atoms with E-state index in [0.29, 0.717) is 11.5 Å². The van der Waals surface area contributed by atoms with Gasteiger partial charge in [0.1, 0.15) is 0 Å². The van der Waals surface area contributed by atoms with Gasteiger partial charge >= 0.3 is 0 Å². The van der Waals surface area contributed by atoms with Crippen LogP contribution in [0.15, 0.2) is 0 Å². The third-order valence-corrected chi connectivity index (χ3v) is 5.55. The zero-order valence-corrected chi connectivity index (χ0v) is 11.2. The first-order valence-corrected chi connectivity index (χ1v) is 7.44. The van der Waals surface area contributed by atoms with Crippen LogP contribution < -0.4 is 5.73 Å². The van der Waals surface area contributed by atoms with Crippen LogP contribution in [0.1, 0.15) is 51.4 Å². The topological polar surface area (TPSA) is 35.2 Å². The van der Waals surface area contributed by atoms with Gasteiger partial charge in [-0.2, -0.15) is 0 Å². The average molecular weight is 237 g/mol. The molecule has 0 aromatic carbocycles. The first-order valence-electron chi connectivity index (χ1n) is 7.44. The molecule has 17 heavy (non-hydrogen) atoms. The summed E-state index contributed by atoms with van der Waals surface area (Å²) in [5, 5.41) is 0. The summed E-state index contributed by atoms with van der Waals surface area (Å²) in [5.74, 6) is 3.16. The second kappa shape index (κ2) is 4.55. The lowest BCUT2D eigenvalue weighted by Crippen LogP contribution is -2.48. The Morgan fingerprint density at radius 1 is 1.12 bits per heavy atom. The summed E-state index contributed by atoms with van der Waals surface area (Å²) in [4.78, 5) is 0. The van der Waals surface area contributed by atoms with E-state index < -0.39 is 0 Å². The summed E-state index contributed by atoms with van der Waals surface area (Å²) in [5.41, 5.74) is 6.94. The SMILES string of the molecule is COCCC(N)CC12CC3CC(CC(C3)C1)C2. The summed E-state index contributed by atoms with van der Waals surface area (Å²) < 4.78 is 5.15. The lowest BCUT2D eigenvalue weighted by Gasteiger charge is -2.57. The predicted molar refractivity (Wildman–Crippen MR) is 69.7 cm³/mol. The van der Waals surface area contributed by atoms with Crippen LogP contribution in [0.25, 0.3) is 0 Å². The largest absolute Gasteiger partial charge is 0.385 e. The number of hydrogen-bond acceptors (Lipinski definition) is 2. The molecule has 4 saturated carbocycles. The molecule has 2 nitrogen and oxygen atoms in total. The molecule has 2 heteroatoms. The summed E-state index contributed by atoms with van der Waals surface area (Å²) in [6, 6.07) is 0.367. The van der Waals surface area contributed by atoms with Crippen LogP contribution in [0.4, 0.5) is 0 Å². The molecule has 4 fully saturated rings. The number of rotatable bonds is 5. The average Bonchev–Trinajstić information content (AvgIpc) is 2.23. The molecule has 2 N–H and O–H groups in total. The van der Waals surface area contributed by atoms with Gasteiger partial charge in [0.15, 0.2) is 0 Å². The van der Waals surface area contributed by atoms with Gasteiger partial charge in [0, 0.05) is 19.8 Å². The Labute approximate surface area is 105 Å². The Morgan fingerprint density at radius 2 is 1.65 bits per heavy atom. The summed E-state index contributed by atoms with van der Waals surface area (Å²) >= 11 is 0. The monoisotopic (exact) mass is 237 g/mol. The van der Waals surface area contributed by atoms with Crippen LogP contribution in [-0.4, -0.2) is 19.8 Å². The van der Waals surface area contributed by atoms with E-state index in [9.17, 15) is 0 Å². The normalized spacial score (nSPS) is 45.2. The predicted octanol–water partition coefficient (Wildman–Crippen LogP) is 2.96. The molecule has 0 saturated heterocycles. The number of hydrogen-bond donors (Lipinski definition) is 1. The van der Waals surface area contributed by atoms with Crippen LogP contribution in [0.2, 0.25) is 0 Å². The lowest BCUT2D eigenvalue weighted by molar-refractivity contribution is -0.0612. The quantitative estimate of drug-likeness (QED) is 0.798. The smallest absolute Gasteiger partial charge is 0.0477 e. The van der Waals surface area contributed by atoms with Crippen molar-refractivity contribution in [3.8, 4) is 0 Å². The Bertz CT molecular complexity index is 241. The van der Waals surface area contributed by atoms with Crippen LogP contribution in [0, 0.1) is 23.2 Å². The van der Waals surface area contributed by atoms with Crippen LogP contribution in [0.5, 0.6) is 0 Å². The van der Waals surface area contributed by atoms with Crippen LogP contribution in [0.3, 0.4) is 0 Å². The van der Waals surface area contributed by atoms with Crippen molar-refractivity contribution in [1.82, 2.24) is 0 Å². The molecule has 98 valence electrons. The molecular formula is C15H27NO. The van der Waals surface area contributed by atoms with E-state index in [-0.39, 0.29) is 0 Å². The molecule has 0 radical (unpaired) electrons. The molecule has 0 aromatic heterocycles. The maximum absolute atomic E-state index is 6.30. The highest BCUT2D eigenvalue weighted by atomic mass is 16.5. The third-order valence-electron chi connectivity index (χ3n) is 5.55. The Morgan fingerprint density at radius 3 is 2.12 bits per heavy atom. The van der Waals surface area contributed by atoms with Crippen molar-refractivity contribution in [2.45, 2.75) is 57.4 Å². The van der Waals surface area contributed by atoms with E-state index in [2.05, 4.69) is 0 Å². The van der Waals surface area contributed by atoms with Gasteiger partial charge in [0.05, 0.1) is 0 Å². The highest BCUT2D eigenvalue weighted by Crippen LogP contribution is 2.61. The molecule has 4 rings (SSSR count). The van der Waals surface area contributed by atoms with Gasteiger partial charge in [-0.1, -0.05) is 0 Å². The lowest BCUT2D eigenvalue weighted by atomic mass is 9.48. The second-order valence-electron chi connectivity index (χ2n) is 7.16. The standard InChI is InChI=1S/C15H27NO/c1-17-3-2-14(16)10-15-7-11-4-12(8-15)6-13(5-11)9-15/h11-14H,2-10,16H2,1H3. The first-order chi connectivity index (χ1) is 8.19. The van der Waals surface area contributed by atoms with Gasteiger partial charge in [-0.3, -0.25) is 0 Å². The van der Waals surface area contributed by atoms with Crippen molar-refractivity contribution in [2.24, 2.45) is 28.9 Å². The molecule has 0 amide bonds. The molecule has 0 aliphatic heterocycles. The molecule has 0 spiro atoms. The number of nitrogens with two attached hydrogens (primary N) is 1. The van der Waals surface area contributed by atoms with E-state index in [4.69, 9.17) is 10.5 Å². The maximum Gasteiger partial charge on any atom is 0.0477 e. The van der Waals surface area contributed by atoms with Gasteiger partial charge in [-0.25, -0.2) is 0 Å². The van der Waals surface area contributed by atoms with Crippen molar-refractivity contribution >= 4 is 0 Å². The van der Waals surface area contributed by atoms with E-state index >= 15 is 0 Å². The van der Waals surface area contributed by atoms with Gasteiger partial charge in [0.2, 0.25) is 0 Å². The Kier molecular flexibility index (Phi) is 3.20. The molecule has 4 aliphatic carbocycles. The molecule has 1 unspecified atom stereocenters. The Hall–Kier alpha value is -0.0800. The van der Waals surface area contributed by atoms with Crippen LogP contribution >= 0.6 is 0 Å². The van der Waals surface area contributed by atoms with E-state index in [1.54, 1.807) is 7.11 Å². The minimum atomic E-state index is 0.367. The molecule has 4 aliphatic rings. The fraction of sp³-hybridized carbons (Fsp3) is 1.00. The van der Waals surface area contributed by atoms with Gasteiger partial charge in [0.25, 0.3) is 0 Å². The molecular weight excluding hydrogens is 210 g/mol. The summed E-state index contributed by atoms with van der Waals surface area (Å²) in [6.07, 6.45) is 11.4. The minimum absolute atomic E-state index is 0.367. The zero-order chi connectivity index (χ0) is 11.9.